The van der Waals surface area contributed by atoms with E-state index < -0.39 is 17.7 Å². The quantitative estimate of drug-likeness (QED) is 0.725. The second kappa shape index (κ2) is 8.97. The molecule has 2 aromatic carbocycles. The van der Waals surface area contributed by atoms with E-state index >= 15 is 0 Å². The Hall–Kier alpha value is -2.05. The molecular formula is C20H20Cl2F2N2O2. The molecule has 3 rings (SSSR count). The third-order valence-corrected chi connectivity index (χ3v) is 5.51. The van der Waals surface area contributed by atoms with Crippen LogP contribution in [0, 0.1) is 17.6 Å². The van der Waals surface area contributed by atoms with E-state index in [9.17, 15) is 13.6 Å². The van der Waals surface area contributed by atoms with Crippen molar-refractivity contribution >= 4 is 34.8 Å². The summed E-state index contributed by atoms with van der Waals surface area (Å²) in [6, 6.07) is 8.86. The lowest BCUT2D eigenvalue weighted by molar-refractivity contribution is -0.127. The van der Waals surface area contributed by atoms with Crippen molar-refractivity contribution in [2.24, 2.45) is 5.92 Å². The topological polar surface area (TPSA) is 41.6 Å². The van der Waals surface area contributed by atoms with E-state index in [1.54, 1.807) is 31.2 Å². The monoisotopic (exact) mass is 428 g/mol. The number of halogens is 4. The van der Waals surface area contributed by atoms with Crippen molar-refractivity contribution < 1.29 is 18.3 Å². The van der Waals surface area contributed by atoms with Crippen LogP contribution in [0.5, 0.6) is 5.75 Å². The molecule has 28 heavy (non-hydrogen) atoms. The van der Waals surface area contributed by atoms with Crippen LogP contribution in [0.25, 0.3) is 0 Å². The van der Waals surface area contributed by atoms with Gasteiger partial charge in [0.1, 0.15) is 10.8 Å². The predicted octanol–water partition coefficient (Wildman–Crippen LogP) is 4.68. The van der Waals surface area contributed by atoms with Crippen LogP contribution in [0.4, 0.5) is 14.5 Å². The lowest BCUT2D eigenvalue weighted by Crippen LogP contribution is -2.39. The molecule has 1 N–H and O–H groups in total. The van der Waals surface area contributed by atoms with Gasteiger partial charge in [0.05, 0.1) is 5.02 Å². The van der Waals surface area contributed by atoms with Crippen LogP contribution in [-0.2, 0) is 4.79 Å². The maximum atomic E-state index is 13.4. The molecule has 1 fully saturated rings. The van der Waals surface area contributed by atoms with Crippen LogP contribution in [0.2, 0.25) is 10.0 Å². The van der Waals surface area contributed by atoms with Crippen molar-refractivity contribution in [2.75, 3.05) is 24.5 Å². The number of nitrogens with one attached hydrogen (secondary N) is 1. The summed E-state index contributed by atoms with van der Waals surface area (Å²) >= 11 is 12.0. The number of hydrogen-bond donors (Lipinski definition) is 1. The van der Waals surface area contributed by atoms with E-state index in [-0.39, 0.29) is 16.8 Å². The van der Waals surface area contributed by atoms with Gasteiger partial charge in [0, 0.05) is 31.4 Å². The molecule has 1 heterocycles. The first-order chi connectivity index (χ1) is 13.3. The number of hydrogen-bond acceptors (Lipinski definition) is 3. The molecule has 2 atom stereocenters. The van der Waals surface area contributed by atoms with Gasteiger partial charge in [-0.1, -0.05) is 29.3 Å². The number of amides is 1. The van der Waals surface area contributed by atoms with Gasteiger partial charge in [0.25, 0.3) is 5.91 Å². The molecule has 0 aliphatic carbocycles. The van der Waals surface area contributed by atoms with Crippen LogP contribution in [-0.4, -0.2) is 31.6 Å². The standard InChI is InChI=1S/C20H20Cl2F2N2O2/c1-12(28-18-4-2-3-15(21)19(18)22)20(27)25-10-13-7-8-26(11-13)14-5-6-16(23)17(24)9-14/h2-6,9,12-13H,7-8,10-11H2,1H3,(H,25,27). The van der Waals surface area contributed by atoms with Gasteiger partial charge in [0.15, 0.2) is 17.7 Å². The normalized spacial score (nSPS) is 17.5. The second-order valence-corrected chi connectivity index (χ2v) is 7.54. The summed E-state index contributed by atoms with van der Waals surface area (Å²) in [5, 5.41) is 3.49. The van der Waals surface area contributed by atoms with Crippen molar-refractivity contribution in [3.8, 4) is 5.75 Å². The maximum Gasteiger partial charge on any atom is 0.260 e. The van der Waals surface area contributed by atoms with Crippen molar-refractivity contribution in [2.45, 2.75) is 19.4 Å². The Morgan fingerprint density at radius 2 is 2.07 bits per heavy atom. The second-order valence-electron chi connectivity index (χ2n) is 6.76. The highest BCUT2D eigenvalue weighted by molar-refractivity contribution is 6.42. The van der Waals surface area contributed by atoms with Gasteiger partial charge in [-0.2, -0.15) is 0 Å². The summed E-state index contributed by atoms with van der Waals surface area (Å²) in [5.74, 6) is -1.43. The molecule has 0 spiro atoms. The Morgan fingerprint density at radius 1 is 1.29 bits per heavy atom. The highest BCUT2D eigenvalue weighted by Gasteiger charge is 2.25. The molecule has 1 aliphatic heterocycles. The number of rotatable bonds is 6. The lowest BCUT2D eigenvalue weighted by Gasteiger charge is -2.20. The molecule has 1 amide bonds. The zero-order valence-corrected chi connectivity index (χ0v) is 16.7. The van der Waals surface area contributed by atoms with E-state index in [1.807, 2.05) is 4.90 Å². The summed E-state index contributed by atoms with van der Waals surface area (Å²) in [4.78, 5) is 14.3. The molecule has 0 aromatic heterocycles. The average Bonchev–Trinajstić information content (AvgIpc) is 3.14. The van der Waals surface area contributed by atoms with Crippen LogP contribution in [0.15, 0.2) is 36.4 Å². The fourth-order valence-corrected chi connectivity index (χ4v) is 3.46. The Balaban J connectivity index is 1.49. The van der Waals surface area contributed by atoms with Gasteiger partial charge >= 0.3 is 0 Å². The summed E-state index contributed by atoms with van der Waals surface area (Å²) in [6.07, 6.45) is 0.105. The zero-order valence-electron chi connectivity index (χ0n) is 15.2. The number of carbonyl (C=O) groups is 1. The van der Waals surface area contributed by atoms with Crippen LogP contribution in [0.3, 0.4) is 0 Å². The number of carbonyl (C=O) groups excluding carboxylic acids is 1. The average molecular weight is 429 g/mol. The Kier molecular flexibility index (Phi) is 6.62. The maximum absolute atomic E-state index is 13.4. The molecule has 4 nitrogen and oxygen atoms in total. The van der Waals surface area contributed by atoms with Crippen LogP contribution in [0.1, 0.15) is 13.3 Å². The van der Waals surface area contributed by atoms with E-state index in [0.717, 1.165) is 19.0 Å². The molecular weight excluding hydrogens is 409 g/mol. The lowest BCUT2D eigenvalue weighted by atomic mass is 10.1. The zero-order chi connectivity index (χ0) is 20.3. The van der Waals surface area contributed by atoms with E-state index in [4.69, 9.17) is 27.9 Å². The Labute approximate surface area is 172 Å². The molecule has 150 valence electrons. The first-order valence-corrected chi connectivity index (χ1v) is 9.69. The number of anilines is 1. The molecule has 0 bridgehead atoms. The fraction of sp³-hybridized carbons (Fsp3) is 0.350. The molecule has 8 heteroatoms. The third-order valence-electron chi connectivity index (χ3n) is 4.71. The van der Waals surface area contributed by atoms with Gasteiger partial charge < -0.3 is 15.0 Å². The predicted molar refractivity (Wildman–Crippen MR) is 106 cm³/mol. The molecule has 2 unspecified atom stereocenters. The van der Waals surface area contributed by atoms with Crippen molar-refractivity contribution in [3.63, 3.8) is 0 Å². The highest BCUT2D eigenvalue weighted by Crippen LogP contribution is 2.32. The molecule has 1 saturated heterocycles. The fourth-order valence-electron chi connectivity index (χ4n) is 3.12. The minimum absolute atomic E-state index is 0.207. The Bertz CT molecular complexity index is 866. The first-order valence-electron chi connectivity index (χ1n) is 8.93. The summed E-state index contributed by atoms with van der Waals surface area (Å²) in [7, 11) is 0. The van der Waals surface area contributed by atoms with Gasteiger partial charge in [-0.3, -0.25) is 4.79 Å². The summed E-state index contributed by atoms with van der Waals surface area (Å²) in [6.45, 7) is 3.47. The van der Waals surface area contributed by atoms with Gasteiger partial charge in [-0.05, 0) is 43.5 Å². The smallest absolute Gasteiger partial charge is 0.260 e. The van der Waals surface area contributed by atoms with Crippen LogP contribution >= 0.6 is 23.2 Å². The summed E-state index contributed by atoms with van der Waals surface area (Å²) < 4.78 is 32.1. The van der Waals surface area contributed by atoms with E-state index in [1.165, 1.54) is 6.07 Å². The number of nitrogens with zero attached hydrogens (tertiary/aromatic N) is 1. The third kappa shape index (κ3) is 4.86. The SMILES string of the molecule is CC(Oc1cccc(Cl)c1Cl)C(=O)NCC1CCN(c2ccc(F)c(F)c2)C1. The van der Waals surface area contributed by atoms with E-state index in [2.05, 4.69) is 5.32 Å². The number of ether oxygens (including phenoxy) is 1. The number of benzene rings is 2. The summed E-state index contributed by atoms with van der Waals surface area (Å²) in [5.41, 5.74) is 0.639. The van der Waals surface area contributed by atoms with Gasteiger partial charge in [0.2, 0.25) is 0 Å². The first kappa shape index (κ1) is 20.7. The molecule has 2 aromatic rings. The van der Waals surface area contributed by atoms with Gasteiger partial charge in [-0.25, -0.2) is 8.78 Å². The highest BCUT2D eigenvalue weighted by atomic mass is 35.5. The van der Waals surface area contributed by atoms with E-state index in [0.29, 0.717) is 29.5 Å². The van der Waals surface area contributed by atoms with Crippen molar-refractivity contribution in [1.82, 2.24) is 5.32 Å². The molecule has 0 saturated carbocycles. The molecule has 1 aliphatic rings. The minimum atomic E-state index is -0.861. The minimum Gasteiger partial charge on any atom is -0.479 e. The van der Waals surface area contributed by atoms with Crippen LogP contribution < -0.4 is 15.0 Å². The Morgan fingerprint density at radius 3 is 2.82 bits per heavy atom. The van der Waals surface area contributed by atoms with Crippen molar-refractivity contribution in [1.29, 1.82) is 0 Å². The van der Waals surface area contributed by atoms with Crippen molar-refractivity contribution in [3.05, 3.63) is 58.1 Å². The largest absolute Gasteiger partial charge is 0.479 e. The van der Waals surface area contributed by atoms with Gasteiger partial charge in [-0.15, -0.1) is 0 Å². The molecule has 0 radical (unpaired) electrons.